The summed E-state index contributed by atoms with van der Waals surface area (Å²) in [6.45, 7) is 6.26. The second kappa shape index (κ2) is 9.19. The van der Waals surface area contributed by atoms with Crippen LogP contribution in [0.2, 0.25) is 0 Å². The molecule has 1 amide bonds. The molecule has 9 heteroatoms. The molecule has 1 rings (SSSR count). The number of carbonyl (C=O) groups excluding carboxylic acids is 4. The lowest BCUT2D eigenvalue weighted by Crippen LogP contribution is -2.52. The van der Waals surface area contributed by atoms with Gasteiger partial charge in [0.15, 0.2) is 15.9 Å². The predicted octanol–water partition coefficient (Wildman–Crippen LogP) is 2.37. The van der Waals surface area contributed by atoms with Gasteiger partial charge < -0.3 is 4.74 Å². The number of esters is 1. The van der Waals surface area contributed by atoms with Gasteiger partial charge in [0.2, 0.25) is 5.91 Å². The highest BCUT2D eigenvalue weighted by molar-refractivity contribution is 8.34. The van der Waals surface area contributed by atoms with Gasteiger partial charge in [0.25, 0.3) is 0 Å². The monoisotopic (exact) mass is 375 g/mol. The summed E-state index contributed by atoms with van der Waals surface area (Å²) in [6, 6.07) is 0. The Hall–Kier alpha value is -1.19. The molecule has 1 atom stereocenters. The first-order chi connectivity index (χ1) is 10.8. The highest BCUT2D eigenvalue weighted by atomic mass is 32.2. The molecule has 1 aliphatic rings. The van der Waals surface area contributed by atoms with E-state index in [2.05, 4.69) is 6.58 Å². The molecule has 0 aliphatic carbocycles. The number of rotatable bonds is 7. The summed E-state index contributed by atoms with van der Waals surface area (Å²) in [7, 11) is 1.19. The number of carbonyl (C=O) groups is 4. The van der Waals surface area contributed by atoms with Gasteiger partial charge in [0.1, 0.15) is 0 Å². The van der Waals surface area contributed by atoms with Crippen molar-refractivity contribution < 1.29 is 23.9 Å². The van der Waals surface area contributed by atoms with Crippen LogP contribution in [0, 0.1) is 0 Å². The summed E-state index contributed by atoms with van der Waals surface area (Å²) in [5.41, 5.74) is -0.0503. The third kappa shape index (κ3) is 5.43. The van der Waals surface area contributed by atoms with Gasteiger partial charge in [-0.25, -0.2) is 4.79 Å². The fraction of sp³-hybridized carbons (Fsp3) is 0.429. The van der Waals surface area contributed by atoms with Crippen LogP contribution in [0.3, 0.4) is 0 Å². The maximum atomic E-state index is 12.2. The summed E-state index contributed by atoms with van der Waals surface area (Å²) in [5, 5.41) is -0.832. The number of β-lactam (4-membered cyclic amide) rings is 1. The van der Waals surface area contributed by atoms with Crippen molar-refractivity contribution in [1.29, 1.82) is 0 Å². The van der Waals surface area contributed by atoms with E-state index in [4.69, 9.17) is 4.74 Å². The van der Waals surface area contributed by atoms with Crippen LogP contribution in [0.25, 0.3) is 0 Å². The average molecular weight is 375 g/mol. The molecule has 126 valence electrons. The van der Waals surface area contributed by atoms with E-state index in [1.165, 1.54) is 37.6 Å². The smallest absolute Gasteiger partial charge is 0.356 e. The van der Waals surface area contributed by atoms with Crippen molar-refractivity contribution in [3.8, 4) is 0 Å². The van der Waals surface area contributed by atoms with Gasteiger partial charge in [0.05, 0.1) is 23.1 Å². The Morgan fingerprint density at radius 2 is 1.87 bits per heavy atom. The molecule has 1 saturated heterocycles. The van der Waals surface area contributed by atoms with E-state index in [0.29, 0.717) is 5.75 Å². The van der Waals surface area contributed by atoms with E-state index >= 15 is 0 Å². The number of nitrogens with zero attached hydrogens (tertiary/aromatic N) is 1. The molecule has 0 aromatic heterocycles. The maximum Gasteiger partial charge on any atom is 0.356 e. The van der Waals surface area contributed by atoms with Crippen molar-refractivity contribution in [2.75, 3.05) is 12.9 Å². The highest BCUT2D eigenvalue weighted by Crippen LogP contribution is 2.40. The van der Waals surface area contributed by atoms with Crippen molar-refractivity contribution in [2.24, 2.45) is 0 Å². The molecular formula is C14H17NO5S3. The third-order valence-corrected chi connectivity index (χ3v) is 5.62. The molecule has 0 saturated carbocycles. The summed E-state index contributed by atoms with van der Waals surface area (Å²) in [4.78, 5) is 48.3. The van der Waals surface area contributed by atoms with Crippen LogP contribution in [0.1, 0.15) is 20.3 Å². The molecule has 1 fully saturated rings. The molecule has 0 N–H and O–H groups in total. The van der Waals surface area contributed by atoms with Crippen LogP contribution in [0.5, 0.6) is 0 Å². The van der Waals surface area contributed by atoms with Gasteiger partial charge in [-0.15, -0.1) is 18.3 Å². The SMILES string of the molecule is C=CCSC1CC(=O)N1C(C(=O)OC)=C(SC(C)=O)SC(C)=O. The fourth-order valence-corrected chi connectivity index (χ4v) is 4.66. The lowest BCUT2D eigenvalue weighted by atomic mass is 10.2. The van der Waals surface area contributed by atoms with Crippen molar-refractivity contribution >= 4 is 57.4 Å². The van der Waals surface area contributed by atoms with Gasteiger partial charge in [-0.05, 0) is 23.5 Å². The zero-order valence-electron chi connectivity index (χ0n) is 13.0. The zero-order valence-corrected chi connectivity index (χ0v) is 15.4. The van der Waals surface area contributed by atoms with E-state index < -0.39 is 5.97 Å². The first-order valence-corrected chi connectivity index (χ1v) is 9.24. The normalized spacial score (nSPS) is 16.4. The Balaban J connectivity index is 3.27. The molecule has 0 radical (unpaired) electrons. The molecule has 0 bridgehead atoms. The molecule has 0 aromatic carbocycles. The average Bonchev–Trinajstić information content (AvgIpc) is 2.46. The van der Waals surface area contributed by atoms with E-state index in [0.717, 1.165) is 23.5 Å². The lowest BCUT2D eigenvalue weighted by molar-refractivity contribution is -0.147. The van der Waals surface area contributed by atoms with Gasteiger partial charge in [-0.2, -0.15) is 0 Å². The van der Waals surface area contributed by atoms with Crippen LogP contribution in [-0.2, 0) is 23.9 Å². The quantitative estimate of drug-likeness (QED) is 0.290. The maximum absolute atomic E-state index is 12.2. The van der Waals surface area contributed by atoms with Crippen molar-refractivity contribution in [3.63, 3.8) is 0 Å². The number of methoxy groups -OCH3 is 1. The van der Waals surface area contributed by atoms with Crippen molar-refractivity contribution in [3.05, 3.63) is 22.6 Å². The number of hydrogen-bond acceptors (Lipinski definition) is 8. The van der Waals surface area contributed by atoms with Crippen molar-refractivity contribution in [2.45, 2.75) is 25.6 Å². The molecule has 6 nitrogen and oxygen atoms in total. The standard InChI is InChI=1S/C14H17NO5S3/c1-5-6-21-11-7-10(18)15(11)12(13(19)20-4)14(22-8(2)16)23-9(3)17/h5,11H,1,6-7H2,2-4H3. The summed E-state index contributed by atoms with van der Waals surface area (Å²) in [5.74, 6) is -0.393. The molecule has 1 heterocycles. The van der Waals surface area contributed by atoms with Crippen LogP contribution >= 0.6 is 35.3 Å². The van der Waals surface area contributed by atoms with Crippen LogP contribution in [0.4, 0.5) is 0 Å². The fourth-order valence-electron chi connectivity index (χ4n) is 1.72. The molecule has 1 aliphatic heterocycles. The third-order valence-electron chi connectivity index (χ3n) is 2.60. The van der Waals surface area contributed by atoms with Crippen LogP contribution in [-0.4, -0.2) is 45.2 Å². The Labute approximate surface area is 147 Å². The first-order valence-electron chi connectivity index (χ1n) is 6.55. The minimum absolute atomic E-state index is 0.0503. The largest absolute Gasteiger partial charge is 0.464 e. The van der Waals surface area contributed by atoms with E-state index in [9.17, 15) is 19.2 Å². The lowest BCUT2D eigenvalue weighted by Gasteiger charge is -2.40. The van der Waals surface area contributed by atoms with Crippen LogP contribution < -0.4 is 0 Å². The number of thioether (sulfide) groups is 3. The molecule has 0 spiro atoms. The Bertz CT molecular complexity index is 555. The molecule has 0 aromatic rings. The second-order valence-corrected chi connectivity index (χ2v) is 8.20. The van der Waals surface area contributed by atoms with E-state index in [1.54, 1.807) is 6.08 Å². The number of amides is 1. The highest BCUT2D eigenvalue weighted by Gasteiger charge is 2.43. The van der Waals surface area contributed by atoms with Crippen LogP contribution in [0.15, 0.2) is 22.6 Å². The molecule has 23 heavy (non-hydrogen) atoms. The molecular weight excluding hydrogens is 358 g/mol. The first kappa shape index (κ1) is 19.9. The topological polar surface area (TPSA) is 80.8 Å². The summed E-state index contributed by atoms with van der Waals surface area (Å²) < 4.78 is 4.91. The zero-order chi connectivity index (χ0) is 17.6. The predicted molar refractivity (Wildman–Crippen MR) is 93.5 cm³/mol. The Kier molecular flexibility index (Phi) is 7.93. The van der Waals surface area contributed by atoms with Gasteiger partial charge in [-0.1, -0.05) is 6.08 Å². The van der Waals surface area contributed by atoms with Crippen molar-refractivity contribution in [1.82, 2.24) is 4.90 Å². The summed E-state index contributed by atoms with van der Waals surface area (Å²) in [6.07, 6.45) is 1.98. The molecule has 1 unspecified atom stereocenters. The van der Waals surface area contributed by atoms with Gasteiger partial charge in [0, 0.05) is 19.6 Å². The van der Waals surface area contributed by atoms with Gasteiger partial charge >= 0.3 is 5.97 Å². The number of hydrogen-bond donors (Lipinski definition) is 0. The summed E-state index contributed by atoms with van der Waals surface area (Å²) >= 11 is 2.93. The second-order valence-electron chi connectivity index (χ2n) is 4.36. The number of likely N-dealkylation sites (tertiary alicyclic amines) is 1. The van der Waals surface area contributed by atoms with E-state index in [1.807, 2.05) is 0 Å². The minimum Gasteiger partial charge on any atom is -0.464 e. The minimum atomic E-state index is -0.750. The Morgan fingerprint density at radius 1 is 1.30 bits per heavy atom. The van der Waals surface area contributed by atoms with Gasteiger partial charge in [-0.3, -0.25) is 19.3 Å². The number of ether oxygens (including phenoxy) is 1. The Morgan fingerprint density at radius 3 is 2.26 bits per heavy atom. The van der Waals surface area contributed by atoms with E-state index in [-0.39, 0.29) is 37.9 Å².